The van der Waals surface area contributed by atoms with Gasteiger partial charge < -0.3 is 10.1 Å². The highest BCUT2D eigenvalue weighted by Crippen LogP contribution is 2.47. The Morgan fingerprint density at radius 3 is 2.64 bits per heavy atom. The van der Waals surface area contributed by atoms with Gasteiger partial charge in [-0.2, -0.15) is 0 Å². The Labute approximate surface area is 87.4 Å². The van der Waals surface area contributed by atoms with Gasteiger partial charge in [-0.05, 0) is 43.6 Å². The minimum absolute atomic E-state index is 0.644. The summed E-state index contributed by atoms with van der Waals surface area (Å²) < 4.78 is 5.40. The van der Waals surface area contributed by atoms with Crippen molar-refractivity contribution < 1.29 is 4.74 Å². The van der Waals surface area contributed by atoms with Crippen LogP contribution in [0.15, 0.2) is 0 Å². The van der Waals surface area contributed by atoms with Gasteiger partial charge in [0.15, 0.2) is 0 Å². The SMILES string of the molecule is CC(C)NCC1CC1C1CCOCC1. The van der Waals surface area contributed by atoms with Crippen LogP contribution >= 0.6 is 0 Å². The van der Waals surface area contributed by atoms with Crippen molar-refractivity contribution in [1.29, 1.82) is 0 Å². The zero-order chi connectivity index (χ0) is 9.97. The molecule has 0 aromatic heterocycles. The van der Waals surface area contributed by atoms with Gasteiger partial charge >= 0.3 is 0 Å². The van der Waals surface area contributed by atoms with E-state index in [1.807, 2.05) is 0 Å². The minimum atomic E-state index is 0.644. The fourth-order valence-electron chi connectivity index (χ4n) is 2.61. The summed E-state index contributed by atoms with van der Waals surface area (Å²) in [6.45, 7) is 7.70. The summed E-state index contributed by atoms with van der Waals surface area (Å²) in [6.07, 6.45) is 4.08. The van der Waals surface area contributed by atoms with Crippen LogP contribution in [-0.4, -0.2) is 25.8 Å². The van der Waals surface area contributed by atoms with Crippen LogP contribution < -0.4 is 5.32 Å². The van der Waals surface area contributed by atoms with E-state index < -0.39 is 0 Å². The Hall–Kier alpha value is -0.0800. The van der Waals surface area contributed by atoms with Crippen LogP contribution in [0.1, 0.15) is 33.1 Å². The first kappa shape index (κ1) is 10.4. The first-order valence-electron chi connectivity index (χ1n) is 6.08. The third-order valence-corrected chi connectivity index (χ3v) is 3.64. The lowest BCUT2D eigenvalue weighted by Crippen LogP contribution is -2.26. The highest BCUT2D eigenvalue weighted by atomic mass is 16.5. The Morgan fingerprint density at radius 2 is 2.00 bits per heavy atom. The summed E-state index contributed by atoms with van der Waals surface area (Å²) in [5.41, 5.74) is 0. The van der Waals surface area contributed by atoms with Gasteiger partial charge in [0.2, 0.25) is 0 Å². The van der Waals surface area contributed by atoms with Crippen LogP contribution in [0, 0.1) is 17.8 Å². The molecule has 2 rings (SSSR count). The molecule has 0 bridgehead atoms. The molecule has 1 heterocycles. The van der Waals surface area contributed by atoms with Gasteiger partial charge in [-0.3, -0.25) is 0 Å². The zero-order valence-electron chi connectivity index (χ0n) is 9.46. The van der Waals surface area contributed by atoms with Gasteiger partial charge in [-0.25, -0.2) is 0 Å². The van der Waals surface area contributed by atoms with E-state index in [1.54, 1.807) is 0 Å². The normalized spacial score (nSPS) is 33.6. The van der Waals surface area contributed by atoms with E-state index in [1.165, 1.54) is 25.8 Å². The fourth-order valence-corrected chi connectivity index (χ4v) is 2.61. The lowest BCUT2D eigenvalue weighted by molar-refractivity contribution is 0.0581. The second-order valence-electron chi connectivity index (χ2n) is 5.17. The molecule has 0 amide bonds. The van der Waals surface area contributed by atoms with Crippen LogP contribution in [-0.2, 0) is 4.74 Å². The van der Waals surface area contributed by atoms with Gasteiger partial charge in [0.05, 0.1) is 0 Å². The van der Waals surface area contributed by atoms with Gasteiger partial charge in [0, 0.05) is 19.3 Å². The van der Waals surface area contributed by atoms with Gasteiger partial charge in [0.1, 0.15) is 0 Å². The molecule has 2 unspecified atom stereocenters. The van der Waals surface area contributed by atoms with Crippen molar-refractivity contribution in [3.8, 4) is 0 Å². The van der Waals surface area contributed by atoms with E-state index in [4.69, 9.17) is 4.74 Å². The Balaban J connectivity index is 1.65. The van der Waals surface area contributed by atoms with E-state index in [2.05, 4.69) is 19.2 Å². The molecular formula is C12H23NO. The molecule has 2 fully saturated rings. The molecule has 1 saturated heterocycles. The van der Waals surface area contributed by atoms with Gasteiger partial charge in [-0.15, -0.1) is 0 Å². The maximum Gasteiger partial charge on any atom is 0.0468 e. The first-order chi connectivity index (χ1) is 6.77. The molecule has 2 nitrogen and oxygen atoms in total. The Morgan fingerprint density at radius 1 is 1.29 bits per heavy atom. The lowest BCUT2D eigenvalue weighted by atomic mass is 9.93. The maximum atomic E-state index is 5.40. The number of nitrogens with one attached hydrogen (secondary N) is 1. The predicted octanol–water partition coefficient (Wildman–Crippen LogP) is 2.05. The number of hydrogen-bond acceptors (Lipinski definition) is 2. The minimum Gasteiger partial charge on any atom is -0.381 e. The van der Waals surface area contributed by atoms with Crippen LogP contribution in [0.25, 0.3) is 0 Å². The Kier molecular flexibility index (Phi) is 3.45. The van der Waals surface area contributed by atoms with Crippen molar-refractivity contribution in [3.05, 3.63) is 0 Å². The molecule has 1 N–H and O–H groups in total. The molecule has 1 aliphatic carbocycles. The molecule has 1 saturated carbocycles. The maximum absolute atomic E-state index is 5.40. The van der Waals surface area contributed by atoms with Crippen molar-refractivity contribution in [2.75, 3.05) is 19.8 Å². The van der Waals surface area contributed by atoms with Crippen LogP contribution in [0.3, 0.4) is 0 Å². The van der Waals surface area contributed by atoms with Crippen molar-refractivity contribution >= 4 is 0 Å². The topological polar surface area (TPSA) is 21.3 Å². The zero-order valence-corrected chi connectivity index (χ0v) is 9.46. The summed E-state index contributed by atoms with van der Waals surface area (Å²) in [5.74, 6) is 2.97. The first-order valence-corrected chi connectivity index (χ1v) is 6.08. The van der Waals surface area contributed by atoms with E-state index in [-0.39, 0.29) is 0 Å². The molecule has 82 valence electrons. The molecule has 14 heavy (non-hydrogen) atoms. The van der Waals surface area contributed by atoms with Crippen molar-refractivity contribution in [2.24, 2.45) is 17.8 Å². The molecule has 2 atom stereocenters. The predicted molar refractivity (Wildman–Crippen MR) is 58.3 cm³/mol. The summed E-state index contributed by atoms with van der Waals surface area (Å²) in [7, 11) is 0. The molecule has 1 aliphatic heterocycles. The summed E-state index contributed by atoms with van der Waals surface area (Å²) in [6, 6.07) is 0.644. The van der Waals surface area contributed by atoms with E-state index in [0.717, 1.165) is 31.0 Å². The van der Waals surface area contributed by atoms with E-state index >= 15 is 0 Å². The highest BCUT2D eigenvalue weighted by molar-refractivity contribution is 4.93. The van der Waals surface area contributed by atoms with Gasteiger partial charge in [-0.1, -0.05) is 13.8 Å². The van der Waals surface area contributed by atoms with Crippen molar-refractivity contribution in [3.63, 3.8) is 0 Å². The second-order valence-corrected chi connectivity index (χ2v) is 5.17. The molecule has 0 aromatic carbocycles. The van der Waals surface area contributed by atoms with Crippen LogP contribution in [0.4, 0.5) is 0 Å². The molecular weight excluding hydrogens is 174 g/mol. The average Bonchev–Trinajstić information content (AvgIpc) is 2.95. The number of rotatable bonds is 4. The lowest BCUT2D eigenvalue weighted by Gasteiger charge is -2.22. The quantitative estimate of drug-likeness (QED) is 0.744. The molecule has 2 aliphatic rings. The van der Waals surface area contributed by atoms with Crippen LogP contribution in [0.5, 0.6) is 0 Å². The third-order valence-electron chi connectivity index (χ3n) is 3.64. The second kappa shape index (κ2) is 4.63. The molecule has 0 spiro atoms. The average molecular weight is 197 g/mol. The summed E-state index contributed by atoms with van der Waals surface area (Å²) in [5, 5.41) is 3.55. The Bertz CT molecular complexity index is 175. The third kappa shape index (κ3) is 2.71. The van der Waals surface area contributed by atoms with Crippen LogP contribution in [0.2, 0.25) is 0 Å². The van der Waals surface area contributed by atoms with Crippen molar-refractivity contribution in [2.45, 2.75) is 39.2 Å². The summed E-state index contributed by atoms with van der Waals surface area (Å²) >= 11 is 0. The standard InChI is InChI=1S/C12H23NO/c1-9(2)13-8-11-7-12(11)10-3-5-14-6-4-10/h9-13H,3-8H2,1-2H3. The smallest absolute Gasteiger partial charge is 0.0468 e. The molecule has 0 aromatic rings. The number of hydrogen-bond donors (Lipinski definition) is 1. The summed E-state index contributed by atoms with van der Waals surface area (Å²) in [4.78, 5) is 0. The van der Waals surface area contributed by atoms with E-state index in [0.29, 0.717) is 6.04 Å². The highest BCUT2D eigenvalue weighted by Gasteiger charge is 2.42. The van der Waals surface area contributed by atoms with Crippen molar-refractivity contribution in [1.82, 2.24) is 5.32 Å². The fraction of sp³-hybridized carbons (Fsp3) is 1.00. The van der Waals surface area contributed by atoms with Gasteiger partial charge in [0.25, 0.3) is 0 Å². The molecule has 2 heteroatoms. The number of ether oxygens (including phenoxy) is 1. The molecule has 0 radical (unpaired) electrons. The monoisotopic (exact) mass is 197 g/mol. The largest absolute Gasteiger partial charge is 0.381 e. The van der Waals surface area contributed by atoms with E-state index in [9.17, 15) is 0 Å².